The van der Waals surface area contributed by atoms with Gasteiger partial charge in [-0.05, 0) is 36.5 Å². The number of nitrogens with one attached hydrogen (secondary N) is 1. The maximum atomic E-state index is 12.4. The summed E-state index contributed by atoms with van der Waals surface area (Å²) < 4.78 is 0. The van der Waals surface area contributed by atoms with Gasteiger partial charge in [0.1, 0.15) is 5.78 Å². The number of hydrogen-bond donors (Lipinski definition) is 1. The molecule has 0 aliphatic heterocycles. The van der Waals surface area contributed by atoms with Gasteiger partial charge in [0, 0.05) is 25.1 Å². The zero-order valence-corrected chi connectivity index (χ0v) is 14.8. The Morgan fingerprint density at radius 1 is 1.09 bits per heavy atom. The van der Waals surface area contributed by atoms with Crippen molar-refractivity contribution in [2.75, 3.05) is 12.4 Å². The quantitative estimate of drug-likeness (QED) is 0.587. The molecular formula is C20H33NO. The van der Waals surface area contributed by atoms with Crippen LogP contribution < -0.4 is 5.32 Å². The predicted molar refractivity (Wildman–Crippen MR) is 96.4 cm³/mol. The molecule has 0 aromatic heterocycles. The third-order valence-electron chi connectivity index (χ3n) is 4.61. The number of hydrogen-bond acceptors (Lipinski definition) is 2. The molecule has 0 bridgehead atoms. The van der Waals surface area contributed by atoms with Crippen LogP contribution in [0.25, 0.3) is 0 Å². The molecule has 2 heteroatoms. The number of carbonyl (C=O) groups is 1. The molecule has 0 heterocycles. The number of benzene rings is 1. The minimum Gasteiger partial charge on any atom is -0.388 e. The first-order valence-corrected chi connectivity index (χ1v) is 8.95. The van der Waals surface area contributed by atoms with Crippen LogP contribution in [0.15, 0.2) is 24.3 Å². The predicted octanol–water partition coefficient (Wildman–Crippen LogP) is 5.47. The summed E-state index contributed by atoms with van der Waals surface area (Å²) in [5.74, 6) is 1.26. The van der Waals surface area contributed by atoms with E-state index in [1.54, 1.807) is 0 Å². The minimum absolute atomic E-state index is 0.239. The largest absolute Gasteiger partial charge is 0.388 e. The molecule has 0 spiro atoms. The number of ketones is 1. The Labute approximate surface area is 136 Å². The smallest absolute Gasteiger partial charge is 0.135 e. The highest BCUT2D eigenvalue weighted by Gasteiger charge is 2.25. The van der Waals surface area contributed by atoms with Crippen LogP contribution in [0.2, 0.25) is 0 Å². The number of aryl methyl sites for hydroxylation is 1. The van der Waals surface area contributed by atoms with Crippen molar-refractivity contribution < 1.29 is 4.79 Å². The zero-order valence-electron chi connectivity index (χ0n) is 14.8. The highest BCUT2D eigenvalue weighted by molar-refractivity contribution is 5.81. The summed E-state index contributed by atoms with van der Waals surface area (Å²) in [6, 6.07) is 8.54. The van der Waals surface area contributed by atoms with Crippen molar-refractivity contribution in [2.45, 2.75) is 65.7 Å². The normalized spacial score (nSPS) is 12.4. The second kappa shape index (κ2) is 10.4. The van der Waals surface area contributed by atoms with E-state index in [-0.39, 0.29) is 5.92 Å². The summed E-state index contributed by atoms with van der Waals surface area (Å²) in [5.41, 5.74) is 2.47. The Kier molecular flexibility index (Phi) is 8.88. The first kappa shape index (κ1) is 18.7. The third kappa shape index (κ3) is 5.82. The molecule has 1 N–H and O–H groups in total. The lowest BCUT2D eigenvalue weighted by atomic mass is 9.78. The van der Waals surface area contributed by atoms with Gasteiger partial charge in [-0.1, -0.05) is 58.6 Å². The molecule has 1 aromatic rings. The molecule has 0 radical (unpaired) electrons. The van der Waals surface area contributed by atoms with E-state index in [2.05, 4.69) is 43.4 Å². The lowest BCUT2D eigenvalue weighted by Crippen LogP contribution is -2.24. The Hall–Kier alpha value is -1.31. The van der Waals surface area contributed by atoms with E-state index in [1.807, 2.05) is 14.0 Å². The van der Waals surface area contributed by atoms with Crippen molar-refractivity contribution in [3.05, 3.63) is 29.8 Å². The van der Waals surface area contributed by atoms with Gasteiger partial charge in [-0.15, -0.1) is 0 Å². The fraction of sp³-hybridized carbons (Fsp3) is 0.650. The van der Waals surface area contributed by atoms with Crippen LogP contribution in [0, 0.1) is 11.8 Å². The van der Waals surface area contributed by atoms with Crippen LogP contribution >= 0.6 is 0 Å². The molecule has 1 unspecified atom stereocenters. The highest BCUT2D eigenvalue weighted by atomic mass is 16.1. The second-order valence-electron chi connectivity index (χ2n) is 6.25. The van der Waals surface area contributed by atoms with Crippen molar-refractivity contribution in [3.63, 3.8) is 0 Å². The fourth-order valence-corrected chi connectivity index (χ4v) is 3.41. The monoisotopic (exact) mass is 303 g/mol. The molecule has 0 saturated carbocycles. The van der Waals surface area contributed by atoms with Crippen LogP contribution in [0.3, 0.4) is 0 Å². The van der Waals surface area contributed by atoms with Crippen LogP contribution in [-0.2, 0) is 11.2 Å². The van der Waals surface area contributed by atoms with Gasteiger partial charge in [0.05, 0.1) is 0 Å². The number of anilines is 1. The van der Waals surface area contributed by atoms with E-state index in [0.29, 0.717) is 18.1 Å². The van der Waals surface area contributed by atoms with Gasteiger partial charge >= 0.3 is 0 Å². The van der Waals surface area contributed by atoms with Crippen molar-refractivity contribution in [3.8, 4) is 0 Å². The van der Waals surface area contributed by atoms with Crippen molar-refractivity contribution >= 4 is 11.5 Å². The topological polar surface area (TPSA) is 29.1 Å². The number of carbonyl (C=O) groups excluding carboxylic acids is 1. The molecule has 0 saturated heterocycles. The van der Waals surface area contributed by atoms with E-state index in [4.69, 9.17) is 0 Å². The second-order valence-corrected chi connectivity index (χ2v) is 6.25. The lowest BCUT2D eigenvalue weighted by molar-refractivity contribution is -0.124. The lowest BCUT2D eigenvalue weighted by Gasteiger charge is -2.25. The standard InChI is InChI=1S/C20H33NO/c1-5-9-17(10-6-2)19(20(22)7-3)14-13-16-11-8-12-18(15-16)21-4/h8,11-12,15,17,19,21H,5-7,9-10,13-14H2,1-4H3. The van der Waals surface area contributed by atoms with Crippen LogP contribution in [0.5, 0.6) is 0 Å². The average molecular weight is 303 g/mol. The zero-order chi connectivity index (χ0) is 16.4. The number of Topliss-reactive ketones (excluding diaryl/α,β-unsaturated/α-hetero) is 1. The van der Waals surface area contributed by atoms with E-state index < -0.39 is 0 Å². The van der Waals surface area contributed by atoms with E-state index in [9.17, 15) is 4.79 Å². The van der Waals surface area contributed by atoms with Gasteiger partial charge in [0.2, 0.25) is 0 Å². The van der Waals surface area contributed by atoms with Gasteiger partial charge in [-0.2, -0.15) is 0 Å². The summed E-state index contributed by atoms with van der Waals surface area (Å²) >= 11 is 0. The maximum absolute atomic E-state index is 12.4. The Balaban J connectivity index is 2.77. The van der Waals surface area contributed by atoms with Gasteiger partial charge in [0.15, 0.2) is 0 Å². The number of rotatable bonds is 11. The van der Waals surface area contributed by atoms with Gasteiger partial charge < -0.3 is 5.32 Å². The van der Waals surface area contributed by atoms with Crippen molar-refractivity contribution in [1.82, 2.24) is 0 Å². The summed E-state index contributed by atoms with van der Waals surface area (Å²) in [6.07, 6.45) is 7.37. The Morgan fingerprint density at radius 2 is 1.77 bits per heavy atom. The molecule has 0 amide bonds. The van der Waals surface area contributed by atoms with Gasteiger partial charge in [-0.3, -0.25) is 4.79 Å². The molecule has 1 atom stereocenters. The van der Waals surface area contributed by atoms with Gasteiger partial charge in [-0.25, -0.2) is 0 Å². The van der Waals surface area contributed by atoms with Crippen molar-refractivity contribution in [1.29, 1.82) is 0 Å². The average Bonchev–Trinajstić information content (AvgIpc) is 2.55. The highest BCUT2D eigenvalue weighted by Crippen LogP contribution is 2.29. The first-order valence-electron chi connectivity index (χ1n) is 8.95. The Morgan fingerprint density at radius 3 is 2.32 bits per heavy atom. The third-order valence-corrected chi connectivity index (χ3v) is 4.61. The molecule has 2 nitrogen and oxygen atoms in total. The van der Waals surface area contributed by atoms with Crippen LogP contribution in [-0.4, -0.2) is 12.8 Å². The van der Waals surface area contributed by atoms with E-state index in [1.165, 1.54) is 31.2 Å². The van der Waals surface area contributed by atoms with Crippen molar-refractivity contribution in [2.24, 2.45) is 11.8 Å². The summed E-state index contributed by atoms with van der Waals surface area (Å²) in [6.45, 7) is 6.46. The van der Waals surface area contributed by atoms with Gasteiger partial charge in [0.25, 0.3) is 0 Å². The van der Waals surface area contributed by atoms with Crippen LogP contribution in [0.4, 0.5) is 5.69 Å². The molecule has 1 aromatic carbocycles. The molecular weight excluding hydrogens is 270 g/mol. The first-order chi connectivity index (χ1) is 10.7. The van der Waals surface area contributed by atoms with Crippen LogP contribution in [0.1, 0.15) is 64.9 Å². The molecule has 22 heavy (non-hydrogen) atoms. The molecule has 1 rings (SSSR count). The fourth-order valence-electron chi connectivity index (χ4n) is 3.41. The molecule has 124 valence electrons. The minimum atomic E-state index is 0.239. The summed E-state index contributed by atoms with van der Waals surface area (Å²) in [5, 5.41) is 3.19. The maximum Gasteiger partial charge on any atom is 0.135 e. The van der Waals surface area contributed by atoms with E-state index >= 15 is 0 Å². The summed E-state index contributed by atoms with van der Waals surface area (Å²) in [4.78, 5) is 12.4. The Bertz CT molecular complexity index is 435. The molecule has 0 aliphatic rings. The molecule has 0 fully saturated rings. The SMILES string of the molecule is CCCC(CCC)C(CCc1cccc(NC)c1)C(=O)CC. The van der Waals surface area contributed by atoms with E-state index in [0.717, 1.165) is 18.5 Å². The molecule has 0 aliphatic carbocycles. The summed E-state index contributed by atoms with van der Waals surface area (Å²) in [7, 11) is 1.95.